The zero-order chi connectivity index (χ0) is 18.4. The Morgan fingerprint density at radius 1 is 1.32 bits per heavy atom. The van der Waals surface area contributed by atoms with Crippen LogP contribution < -0.4 is 14.8 Å². The Balaban J connectivity index is 2.24. The standard InChI is InChI=1S/C17H20F2N2O3S/c1-3-5-8-21-15(22)12(20-17(21)25)9-11-6-7-13(24-16(18)19)14(10-11)23-4-2/h6-7,9-10,16H,3-5,8H2,1-2H3,(H,20,25). The van der Waals surface area contributed by atoms with Crippen LogP contribution in [0.2, 0.25) is 0 Å². The van der Waals surface area contributed by atoms with E-state index in [0.29, 0.717) is 29.5 Å². The molecule has 1 aliphatic rings. The Morgan fingerprint density at radius 3 is 2.72 bits per heavy atom. The Labute approximate surface area is 150 Å². The van der Waals surface area contributed by atoms with Crippen LogP contribution in [0.15, 0.2) is 23.9 Å². The summed E-state index contributed by atoms with van der Waals surface area (Å²) in [6, 6.07) is 4.50. The van der Waals surface area contributed by atoms with E-state index in [1.54, 1.807) is 25.1 Å². The van der Waals surface area contributed by atoms with Crippen molar-refractivity contribution in [2.24, 2.45) is 0 Å². The molecule has 1 aromatic rings. The minimum atomic E-state index is -2.94. The predicted molar refractivity (Wildman–Crippen MR) is 94.6 cm³/mol. The lowest BCUT2D eigenvalue weighted by molar-refractivity contribution is -0.122. The maximum atomic E-state index is 12.4. The molecule has 136 valence electrons. The number of thiocarbonyl (C=S) groups is 1. The van der Waals surface area contributed by atoms with Gasteiger partial charge in [-0.2, -0.15) is 8.78 Å². The van der Waals surface area contributed by atoms with Crippen LogP contribution in [0.4, 0.5) is 8.78 Å². The first-order valence-electron chi connectivity index (χ1n) is 8.02. The number of hydrogen-bond acceptors (Lipinski definition) is 4. The molecule has 8 heteroatoms. The first-order valence-corrected chi connectivity index (χ1v) is 8.43. The van der Waals surface area contributed by atoms with Crippen LogP contribution in [0.5, 0.6) is 11.5 Å². The van der Waals surface area contributed by atoms with Crippen LogP contribution in [-0.2, 0) is 4.79 Å². The van der Waals surface area contributed by atoms with E-state index in [-0.39, 0.29) is 17.4 Å². The van der Waals surface area contributed by atoms with Crippen LogP contribution in [0, 0.1) is 0 Å². The molecule has 1 amide bonds. The number of carbonyl (C=O) groups is 1. The zero-order valence-electron chi connectivity index (χ0n) is 14.1. The van der Waals surface area contributed by atoms with Gasteiger partial charge >= 0.3 is 6.61 Å². The summed E-state index contributed by atoms with van der Waals surface area (Å²) in [5, 5.41) is 3.25. The molecule has 25 heavy (non-hydrogen) atoms. The van der Waals surface area contributed by atoms with E-state index < -0.39 is 6.61 Å². The van der Waals surface area contributed by atoms with Gasteiger partial charge in [0.25, 0.3) is 5.91 Å². The maximum Gasteiger partial charge on any atom is 0.387 e. The van der Waals surface area contributed by atoms with Crippen molar-refractivity contribution in [2.45, 2.75) is 33.3 Å². The van der Waals surface area contributed by atoms with Crippen molar-refractivity contribution in [3.8, 4) is 11.5 Å². The number of amides is 1. The van der Waals surface area contributed by atoms with Crippen LogP contribution in [-0.4, -0.2) is 35.7 Å². The molecular formula is C17H20F2N2O3S. The summed E-state index contributed by atoms with van der Waals surface area (Å²) >= 11 is 5.18. The number of halogens is 2. The monoisotopic (exact) mass is 370 g/mol. The minimum absolute atomic E-state index is 0.0511. The fraction of sp³-hybridized carbons (Fsp3) is 0.412. The number of nitrogens with zero attached hydrogens (tertiary/aromatic N) is 1. The Morgan fingerprint density at radius 2 is 2.08 bits per heavy atom. The third kappa shape index (κ3) is 4.88. The average Bonchev–Trinajstić information content (AvgIpc) is 2.82. The Hall–Kier alpha value is -2.22. The van der Waals surface area contributed by atoms with Crippen molar-refractivity contribution < 1.29 is 23.0 Å². The van der Waals surface area contributed by atoms with E-state index in [9.17, 15) is 13.6 Å². The number of benzene rings is 1. The molecule has 2 rings (SSSR count). The van der Waals surface area contributed by atoms with E-state index in [2.05, 4.69) is 10.1 Å². The van der Waals surface area contributed by atoms with E-state index in [0.717, 1.165) is 12.8 Å². The third-order valence-electron chi connectivity index (χ3n) is 3.49. The van der Waals surface area contributed by atoms with Gasteiger partial charge in [0.15, 0.2) is 16.6 Å². The molecule has 5 nitrogen and oxygen atoms in total. The van der Waals surface area contributed by atoms with Crippen LogP contribution in [0.25, 0.3) is 6.08 Å². The summed E-state index contributed by atoms with van der Waals surface area (Å²) in [6.07, 6.45) is 3.42. The van der Waals surface area contributed by atoms with Gasteiger partial charge in [-0.25, -0.2) is 0 Å². The first kappa shape index (κ1) is 19.1. The van der Waals surface area contributed by atoms with Crippen molar-refractivity contribution in [1.82, 2.24) is 10.2 Å². The van der Waals surface area contributed by atoms with Crippen LogP contribution in [0.1, 0.15) is 32.3 Å². The second kappa shape index (κ2) is 8.75. The third-order valence-corrected chi connectivity index (χ3v) is 3.81. The lowest BCUT2D eigenvalue weighted by atomic mass is 10.1. The Kier molecular flexibility index (Phi) is 6.69. The lowest BCUT2D eigenvalue weighted by Gasteiger charge is -2.12. The zero-order valence-corrected chi connectivity index (χ0v) is 14.9. The van der Waals surface area contributed by atoms with E-state index in [1.807, 2.05) is 6.92 Å². The molecule has 0 atom stereocenters. The van der Waals surface area contributed by atoms with Gasteiger partial charge < -0.3 is 14.8 Å². The summed E-state index contributed by atoms with van der Waals surface area (Å²) in [4.78, 5) is 13.9. The van der Waals surface area contributed by atoms with Crippen molar-refractivity contribution >= 4 is 29.3 Å². The minimum Gasteiger partial charge on any atom is -0.490 e. The molecule has 1 fully saturated rings. The van der Waals surface area contributed by atoms with Crippen LogP contribution >= 0.6 is 12.2 Å². The number of hydrogen-bond donors (Lipinski definition) is 1. The quantitative estimate of drug-likeness (QED) is 0.560. The Bertz CT molecular complexity index is 680. The molecule has 0 radical (unpaired) electrons. The fourth-order valence-corrected chi connectivity index (χ4v) is 2.62. The van der Waals surface area contributed by atoms with E-state index >= 15 is 0 Å². The number of rotatable bonds is 8. The molecule has 1 saturated heterocycles. The number of unbranched alkanes of at least 4 members (excludes halogenated alkanes) is 1. The van der Waals surface area contributed by atoms with Crippen LogP contribution in [0.3, 0.4) is 0 Å². The number of nitrogens with one attached hydrogen (secondary N) is 1. The molecular weight excluding hydrogens is 350 g/mol. The molecule has 0 aliphatic carbocycles. The summed E-state index contributed by atoms with van der Waals surface area (Å²) in [6.45, 7) is 1.69. The van der Waals surface area contributed by atoms with Gasteiger partial charge in [0, 0.05) is 6.54 Å². The molecule has 0 bridgehead atoms. The van der Waals surface area contributed by atoms with Gasteiger partial charge in [-0.15, -0.1) is 0 Å². The second-order valence-corrected chi connectivity index (χ2v) is 5.70. The van der Waals surface area contributed by atoms with Gasteiger partial charge in [-0.1, -0.05) is 19.4 Å². The van der Waals surface area contributed by atoms with Crippen molar-refractivity contribution in [1.29, 1.82) is 0 Å². The van der Waals surface area contributed by atoms with Gasteiger partial charge in [-0.3, -0.25) is 9.69 Å². The van der Waals surface area contributed by atoms with Gasteiger partial charge in [0.1, 0.15) is 5.70 Å². The maximum absolute atomic E-state index is 12.4. The normalized spacial score (nSPS) is 15.9. The molecule has 1 aromatic carbocycles. The number of carbonyl (C=O) groups excluding carboxylic acids is 1. The summed E-state index contributed by atoms with van der Waals surface area (Å²) < 4.78 is 34.7. The largest absolute Gasteiger partial charge is 0.490 e. The first-order chi connectivity index (χ1) is 12.0. The van der Waals surface area contributed by atoms with Crippen molar-refractivity contribution in [3.05, 3.63) is 29.5 Å². The van der Waals surface area contributed by atoms with Gasteiger partial charge in [0.2, 0.25) is 0 Å². The smallest absolute Gasteiger partial charge is 0.387 e. The highest BCUT2D eigenvalue weighted by Gasteiger charge is 2.29. The molecule has 1 aliphatic heterocycles. The second-order valence-electron chi connectivity index (χ2n) is 5.32. The molecule has 1 N–H and O–H groups in total. The van der Waals surface area contributed by atoms with Gasteiger partial charge in [0.05, 0.1) is 6.61 Å². The molecule has 1 heterocycles. The highest BCUT2D eigenvalue weighted by molar-refractivity contribution is 7.80. The summed E-state index contributed by atoms with van der Waals surface area (Å²) in [5.74, 6) is -0.0675. The fourth-order valence-electron chi connectivity index (χ4n) is 2.33. The van der Waals surface area contributed by atoms with Crippen molar-refractivity contribution in [3.63, 3.8) is 0 Å². The topological polar surface area (TPSA) is 50.8 Å². The molecule has 0 spiro atoms. The van der Waals surface area contributed by atoms with E-state index in [1.165, 1.54) is 11.0 Å². The van der Waals surface area contributed by atoms with Gasteiger partial charge in [-0.05, 0) is 49.3 Å². The molecule has 0 unspecified atom stereocenters. The summed E-state index contributed by atoms with van der Waals surface area (Å²) in [5.41, 5.74) is 0.951. The average molecular weight is 370 g/mol. The van der Waals surface area contributed by atoms with Crippen molar-refractivity contribution in [2.75, 3.05) is 13.2 Å². The van der Waals surface area contributed by atoms with E-state index in [4.69, 9.17) is 17.0 Å². The summed E-state index contributed by atoms with van der Waals surface area (Å²) in [7, 11) is 0. The number of alkyl halides is 2. The highest BCUT2D eigenvalue weighted by Crippen LogP contribution is 2.31. The lowest BCUT2D eigenvalue weighted by Crippen LogP contribution is -2.31. The molecule has 0 saturated carbocycles. The highest BCUT2D eigenvalue weighted by atomic mass is 32.1. The number of ether oxygens (including phenoxy) is 2. The molecule has 0 aromatic heterocycles. The SMILES string of the molecule is CCCCN1C(=O)C(=Cc2ccc(OC(F)F)c(OCC)c2)NC1=S. The predicted octanol–water partition coefficient (Wildman–Crippen LogP) is 3.54.